The molecule has 28 heavy (non-hydrogen) atoms. The largest absolute Gasteiger partial charge is 0.489 e. The topological polar surface area (TPSA) is 99.9 Å². The lowest BCUT2D eigenvalue weighted by Crippen LogP contribution is -2.15. The van der Waals surface area contributed by atoms with Crippen LogP contribution in [-0.4, -0.2) is 22.2 Å². The monoisotopic (exact) mass is 373 g/mol. The normalized spacial score (nSPS) is 10.2. The summed E-state index contributed by atoms with van der Waals surface area (Å²) in [5.41, 5.74) is 1.71. The molecular formula is C21H19N5O2. The fraction of sp³-hybridized carbons (Fsp3) is 0.143. The Morgan fingerprint density at radius 2 is 1.71 bits per heavy atom. The van der Waals surface area contributed by atoms with Gasteiger partial charge in [-0.25, -0.2) is 0 Å². The lowest BCUT2D eigenvalue weighted by molar-refractivity contribution is 0.102. The predicted molar refractivity (Wildman–Crippen MR) is 107 cm³/mol. The van der Waals surface area contributed by atoms with Gasteiger partial charge in [0.25, 0.3) is 5.91 Å². The van der Waals surface area contributed by atoms with Gasteiger partial charge in [0.1, 0.15) is 11.8 Å². The Bertz CT molecular complexity index is 1010. The smallest absolute Gasteiger partial charge is 0.276 e. The van der Waals surface area contributed by atoms with Crippen molar-refractivity contribution in [3.05, 3.63) is 71.9 Å². The van der Waals surface area contributed by atoms with E-state index in [-0.39, 0.29) is 11.8 Å². The van der Waals surface area contributed by atoms with Crippen molar-refractivity contribution in [2.24, 2.45) is 0 Å². The second kappa shape index (κ2) is 8.64. The number of rotatable bonds is 6. The van der Waals surface area contributed by atoms with Crippen LogP contribution < -0.4 is 15.4 Å². The van der Waals surface area contributed by atoms with Gasteiger partial charge in [0.05, 0.1) is 23.0 Å². The highest BCUT2D eigenvalue weighted by Crippen LogP contribution is 2.27. The maximum atomic E-state index is 12.4. The summed E-state index contributed by atoms with van der Waals surface area (Å²) in [7, 11) is 0. The van der Waals surface area contributed by atoms with Crippen molar-refractivity contribution in [2.45, 2.75) is 20.0 Å². The van der Waals surface area contributed by atoms with E-state index < -0.39 is 5.91 Å². The highest BCUT2D eigenvalue weighted by molar-refractivity contribution is 6.03. The van der Waals surface area contributed by atoms with Gasteiger partial charge in [0.15, 0.2) is 11.5 Å². The van der Waals surface area contributed by atoms with Gasteiger partial charge in [-0.05, 0) is 50.2 Å². The number of carbonyl (C=O) groups excluding carboxylic acids is 1. The summed E-state index contributed by atoms with van der Waals surface area (Å²) in [4.78, 5) is 12.4. The molecule has 7 heteroatoms. The van der Waals surface area contributed by atoms with Crippen LogP contribution in [0.5, 0.6) is 5.75 Å². The van der Waals surface area contributed by atoms with E-state index in [0.29, 0.717) is 22.8 Å². The van der Waals surface area contributed by atoms with Crippen LogP contribution in [0.3, 0.4) is 0 Å². The highest BCUT2D eigenvalue weighted by atomic mass is 16.5. The van der Waals surface area contributed by atoms with Gasteiger partial charge in [-0.1, -0.05) is 24.3 Å². The lowest BCUT2D eigenvalue weighted by atomic mass is 10.2. The number of nitrogens with one attached hydrogen (secondary N) is 2. The Hall–Kier alpha value is -3.92. The molecule has 1 heterocycles. The van der Waals surface area contributed by atoms with Gasteiger partial charge in [-0.2, -0.15) is 5.26 Å². The van der Waals surface area contributed by atoms with Crippen LogP contribution >= 0.6 is 0 Å². The van der Waals surface area contributed by atoms with E-state index in [0.717, 1.165) is 5.69 Å². The van der Waals surface area contributed by atoms with Gasteiger partial charge >= 0.3 is 0 Å². The van der Waals surface area contributed by atoms with E-state index in [4.69, 9.17) is 10.00 Å². The number of nitriles is 1. The number of anilines is 3. The Morgan fingerprint density at radius 3 is 2.39 bits per heavy atom. The minimum Gasteiger partial charge on any atom is -0.489 e. The molecule has 2 aromatic carbocycles. The number of benzene rings is 2. The quantitative estimate of drug-likeness (QED) is 0.674. The number of ether oxygens (including phenoxy) is 1. The average molecular weight is 373 g/mol. The highest BCUT2D eigenvalue weighted by Gasteiger charge is 2.12. The number of aromatic nitrogens is 2. The number of hydrogen-bond donors (Lipinski definition) is 2. The molecule has 0 spiro atoms. The molecule has 7 nitrogen and oxygen atoms in total. The summed E-state index contributed by atoms with van der Waals surface area (Å²) in [5, 5.41) is 22.9. The molecule has 0 saturated carbocycles. The van der Waals surface area contributed by atoms with Crippen molar-refractivity contribution in [2.75, 3.05) is 10.6 Å². The van der Waals surface area contributed by atoms with Crippen LogP contribution in [0.2, 0.25) is 0 Å². The van der Waals surface area contributed by atoms with Gasteiger partial charge < -0.3 is 15.4 Å². The van der Waals surface area contributed by atoms with Crippen LogP contribution in [0.4, 0.5) is 17.2 Å². The molecule has 1 amide bonds. The Morgan fingerprint density at radius 1 is 1.00 bits per heavy atom. The van der Waals surface area contributed by atoms with Gasteiger partial charge in [-0.15, -0.1) is 10.2 Å². The summed E-state index contributed by atoms with van der Waals surface area (Å²) in [5.74, 6) is 0.744. The predicted octanol–water partition coefficient (Wildman–Crippen LogP) is 4.13. The number of amides is 1. The molecule has 0 radical (unpaired) electrons. The van der Waals surface area contributed by atoms with E-state index in [9.17, 15) is 4.79 Å². The first-order valence-corrected chi connectivity index (χ1v) is 8.73. The van der Waals surface area contributed by atoms with Crippen LogP contribution in [0.15, 0.2) is 60.7 Å². The maximum absolute atomic E-state index is 12.4. The molecule has 3 rings (SSSR count). The van der Waals surface area contributed by atoms with Crippen molar-refractivity contribution in [3.63, 3.8) is 0 Å². The van der Waals surface area contributed by atoms with E-state index >= 15 is 0 Å². The zero-order valence-corrected chi connectivity index (χ0v) is 15.5. The fourth-order valence-corrected chi connectivity index (χ4v) is 2.46. The fourth-order valence-electron chi connectivity index (χ4n) is 2.46. The molecule has 0 atom stereocenters. The summed E-state index contributed by atoms with van der Waals surface area (Å²) < 4.78 is 5.77. The molecule has 0 unspecified atom stereocenters. The molecule has 0 saturated heterocycles. The van der Waals surface area contributed by atoms with Crippen LogP contribution in [0.25, 0.3) is 0 Å². The summed E-state index contributed by atoms with van der Waals surface area (Å²) in [6, 6.07) is 19.5. The van der Waals surface area contributed by atoms with Crippen molar-refractivity contribution in [1.29, 1.82) is 5.26 Å². The van der Waals surface area contributed by atoms with Gasteiger partial charge in [0.2, 0.25) is 0 Å². The Kier molecular flexibility index (Phi) is 5.82. The molecule has 0 fully saturated rings. The first-order chi connectivity index (χ1) is 13.6. The zero-order valence-electron chi connectivity index (χ0n) is 15.5. The van der Waals surface area contributed by atoms with Gasteiger partial charge in [-0.3, -0.25) is 4.79 Å². The van der Waals surface area contributed by atoms with Crippen molar-refractivity contribution in [1.82, 2.24) is 10.2 Å². The summed E-state index contributed by atoms with van der Waals surface area (Å²) in [6.45, 7) is 3.91. The average Bonchev–Trinajstić information content (AvgIpc) is 2.70. The van der Waals surface area contributed by atoms with Crippen molar-refractivity contribution in [3.8, 4) is 11.8 Å². The molecule has 2 N–H and O–H groups in total. The standard InChI is InChI=1S/C21H19N5O2/c1-14(2)28-19-10-6-5-9-17(19)23-20-12-11-18(25-26-20)21(27)24-16-8-4-3-7-15(16)13-22/h3-12,14H,1-2H3,(H,23,26)(H,24,27). The lowest BCUT2D eigenvalue weighted by Gasteiger charge is -2.14. The molecular weight excluding hydrogens is 354 g/mol. The van der Waals surface area contributed by atoms with Gasteiger partial charge in [0, 0.05) is 0 Å². The molecule has 0 aliphatic heterocycles. The third-order valence-corrected chi connectivity index (χ3v) is 3.71. The number of carbonyl (C=O) groups is 1. The van der Waals surface area contributed by atoms with Crippen LogP contribution in [0, 0.1) is 11.3 Å². The maximum Gasteiger partial charge on any atom is 0.276 e. The van der Waals surface area contributed by atoms with Crippen molar-refractivity contribution >= 4 is 23.1 Å². The summed E-state index contributed by atoms with van der Waals surface area (Å²) >= 11 is 0. The zero-order chi connectivity index (χ0) is 19.9. The SMILES string of the molecule is CC(C)Oc1ccccc1Nc1ccc(C(=O)Nc2ccccc2C#N)nn1. The minimum absolute atomic E-state index is 0.0383. The van der Waals surface area contributed by atoms with E-state index in [1.54, 1.807) is 36.4 Å². The summed E-state index contributed by atoms with van der Waals surface area (Å²) in [6.07, 6.45) is 0.0383. The third-order valence-electron chi connectivity index (χ3n) is 3.71. The molecule has 1 aromatic heterocycles. The minimum atomic E-state index is -0.440. The first kappa shape index (κ1) is 18.9. The number of nitrogens with zero attached hydrogens (tertiary/aromatic N) is 3. The molecule has 0 aliphatic carbocycles. The van der Waals surface area contributed by atoms with Crippen LogP contribution in [0.1, 0.15) is 29.9 Å². The van der Waals surface area contributed by atoms with Crippen LogP contribution in [-0.2, 0) is 0 Å². The second-order valence-electron chi connectivity index (χ2n) is 6.20. The van der Waals surface area contributed by atoms with E-state index in [1.165, 1.54) is 0 Å². The van der Waals surface area contributed by atoms with E-state index in [2.05, 4.69) is 20.8 Å². The van der Waals surface area contributed by atoms with Crippen molar-refractivity contribution < 1.29 is 9.53 Å². The Labute approximate surface area is 163 Å². The number of para-hydroxylation sites is 3. The third kappa shape index (κ3) is 4.62. The first-order valence-electron chi connectivity index (χ1n) is 8.73. The number of hydrogen-bond acceptors (Lipinski definition) is 6. The Balaban J connectivity index is 1.72. The molecule has 0 bridgehead atoms. The molecule has 3 aromatic rings. The molecule has 0 aliphatic rings. The van der Waals surface area contributed by atoms with E-state index in [1.807, 2.05) is 44.2 Å². The molecule has 140 valence electrons. The second-order valence-corrected chi connectivity index (χ2v) is 6.20.